The molecule has 0 aromatic carbocycles. The molecular weight excluding hydrogens is 204 g/mol. The van der Waals surface area contributed by atoms with E-state index in [1.54, 1.807) is 0 Å². The summed E-state index contributed by atoms with van der Waals surface area (Å²) in [6.45, 7) is 5.79. The Bertz CT molecular complexity index is 418. The summed E-state index contributed by atoms with van der Waals surface area (Å²) in [5, 5.41) is 14.3. The van der Waals surface area contributed by atoms with Crippen LogP contribution in [-0.2, 0) is 13.1 Å². The van der Waals surface area contributed by atoms with Crippen molar-refractivity contribution >= 4 is 0 Å². The molecule has 6 heteroatoms. The molecule has 1 unspecified atom stereocenters. The Morgan fingerprint density at radius 2 is 2.44 bits per heavy atom. The molecule has 0 aliphatic carbocycles. The first-order chi connectivity index (χ1) is 7.81. The van der Waals surface area contributed by atoms with E-state index < -0.39 is 0 Å². The summed E-state index contributed by atoms with van der Waals surface area (Å²) in [6.07, 6.45) is 3.34. The van der Waals surface area contributed by atoms with Gasteiger partial charge in [0.1, 0.15) is 12.2 Å². The molecule has 6 nitrogen and oxygen atoms in total. The third-order valence-corrected chi connectivity index (χ3v) is 2.54. The van der Waals surface area contributed by atoms with E-state index in [0.29, 0.717) is 0 Å². The number of H-pyrrole nitrogens is 1. The van der Waals surface area contributed by atoms with Gasteiger partial charge < -0.3 is 5.32 Å². The van der Waals surface area contributed by atoms with E-state index >= 15 is 0 Å². The second-order valence-electron chi connectivity index (χ2n) is 3.61. The molecule has 0 aliphatic heterocycles. The van der Waals surface area contributed by atoms with Crippen LogP contribution in [0.25, 0.3) is 0 Å². The van der Waals surface area contributed by atoms with E-state index in [-0.39, 0.29) is 6.04 Å². The van der Waals surface area contributed by atoms with E-state index in [9.17, 15) is 0 Å². The third kappa shape index (κ3) is 2.27. The molecule has 2 N–H and O–H groups in total. The lowest BCUT2D eigenvalue weighted by Gasteiger charge is -2.11. The summed E-state index contributed by atoms with van der Waals surface area (Å²) in [6, 6.07) is 2.17. The normalized spacial score (nSPS) is 12.9. The van der Waals surface area contributed by atoms with Crippen molar-refractivity contribution in [3.05, 3.63) is 30.1 Å². The number of aromatic nitrogens is 5. The Morgan fingerprint density at radius 3 is 3.12 bits per heavy atom. The zero-order chi connectivity index (χ0) is 11.4. The Labute approximate surface area is 94.1 Å². The molecule has 0 aliphatic rings. The SMILES string of the molecule is CCn1nccc1CNC(C)c1ncn[nH]1. The van der Waals surface area contributed by atoms with E-state index in [1.807, 2.05) is 23.9 Å². The molecule has 2 aromatic rings. The molecule has 0 spiro atoms. The van der Waals surface area contributed by atoms with Crippen molar-refractivity contribution in [3.63, 3.8) is 0 Å². The van der Waals surface area contributed by atoms with Gasteiger partial charge in [0.15, 0.2) is 0 Å². The molecule has 2 heterocycles. The van der Waals surface area contributed by atoms with Gasteiger partial charge in [-0.15, -0.1) is 0 Å². The average Bonchev–Trinajstić information content (AvgIpc) is 2.96. The van der Waals surface area contributed by atoms with Crippen LogP contribution in [0.2, 0.25) is 0 Å². The Kier molecular flexibility index (Phi) is 3.31. The lowest BCUT2D eigenvalue weighted by atomic mass is 10.3. The van der Waals surface area contributed by atoms with Crippen molar-refractivity contribution in [3.8, 4) is 0 Å². The molecule has 16 heavy (non-hydrogen) atoms. The topological polar surface area (TPSA) is 71.4 Å². The third-order valence-electron chi connectivity index (χ3n) is 2.54. The van der Waals surface area contributed by atoms with Gasteiger partial charge in [-0.05, 0) is 19.9 Å². The minimum atomic E-state index is 0.155. The number of hydrogen-bond acceptors (Lipinski definition) is 4. The highest BCUT2D eigenvalue weighted by Crippen LogP contribution is 2.06. The van der Waals surface area contributed by atoms with Crippen LogP contribution in [-0.4, -0.2) is 25.0 Å². The maximum atomic E-state index is 4.22. The number of aromatic amines is 1. The molecule has 0 amide bonds. The molecule has 2 rings (SSSR count). The number of rotatable bonds is 5. The van der Waals surface area contributed by atoms with Crippen LogP contribution in [0, 0.1) is 0 Å². The molecule has 0 saturated heterocycles. The van der Waals surface area contributed by atoms with E-state index in [0.717, 1.165) is 18.9 Å². The van der Waals surface area contributed by atoms with Crippen molar-refractivity contribution in [2.24, 2.45) is 0 Å². The highest BCUT2D eigenvalue weighted by molar-refractivity contribution is 5.01. The standard InChI is InChI=1S/C10H16N6/c1-3-16-9(4-5-14-16)6-11-8(2)10-12-7-13-15-10/h4-5,7-8,11H,3,6H2,1-2H3,(H,12,13,15). The zero-order valence-corrected chi connectivity index (χ0v) is 9.51. The summed E-state index contributed by atoms with van der Waals surface area (Å²) >= 11 is 0. The molecule has 0 radical (unpaired) electrons. The van der Waals surface area contributed by atoms with E-state index in [1.165, 1.54) is 12.0 Å². The van der Waals surface area contributed by atoms with Crippen LogP contribution in [0.15, 0.2) is 18.6 Å². The highest BCUT2D eigenvalue weighted by atomic mass is 15.3. The van der Waals surface area contributed by atoms with Crippen LogP contribution < -0.4 is 5.32 Å². The number of nitrogens with one attached hydrogen (secondary N) is 2. The lowest BCUT2D eigenvalue weighted by molar-refractivity contribution is 0.515. The zero-order valence-electron chi connectivity index (χ0n) is 9.51. The van der Waals surface area contributed by atoms with Crippen LogP contribution in [0.1, 0.15) is 31.4 Å². The number of hydrogen-bond donors (Lipinski definition) is 2. The molecule has 1 atom stereocenters. The van der Waals surface area contributed by atoms with Gasteiger partial charge >= 0.3 is 0 Å². The predicted octanol–water partition coefficient (Wildman–Crippen LogP) is 0.872. The lowest BCUT2D eigenvalue weighted by Crippen LogP contribution is -2.21. The van der Waals surface area contributed by atoms with Gasteiger partial charge in [-0.2, -0.15) is 10.2 Å². The van der Waals surface area contributed by atoms with Gasteiger partial charge in [0, 0.05) is 19.3 Å². The quantitative estimate of drug-likeness (QED) is 0.784. The van der Waals surface area contributed by atoms with Crippen LogP contribution >= 0.6 is 0 Å². The van der Waals surface area contributed by atoms with Gasteiger partial charge in [-0.1, -0.05) is 0 Å². The fraction of sp³-hybridized carbons (Fsp3) is 0.500. The number of aryl methyl sites for hydroxylation is 1. The molecule has 0 saturated carbocycles. The molecular formula is C10H16N6. The van der Waals surface area contributed by atoms with Gasteiger partial charge in [0.05, 0.1) is 11.7 Å². The van der Waals surface area contributed by atoms with Crippen LogP contribution in [0.5, 0.6) is 0 Å². The van der Waals surface area contributed by atoms with Crippen LogP contribution in [0.3, 0.4) is 0 Å². The van der Waals surface area contributed by atoms with Gasteiger partial charge in [0.25, 0.3) is 0 Å². The van der Waals surface area contributed by atoms with E-state index in [4.69, 9.17) is 0 Å². The van der Waals surface area contributed by atoms with Gasteiger partial charge in [-0.3, -0.25) is 9.78 Å². The van der Waals surface area contributed by atoms with Gasteiger partial charge in [-0.25, -0.2) is 4.98 Å². The first-order valence-electron chi connectivity index (χ1n) is 5.40. The largest absolute Gasteiger partial charge is 0.302 e. The minimum Gasteiger partial charge on any atom is -0.302 e. The first kappa shape index (κ1) is 10.8. The fourth-order valence-electron chi connectivity index (χ4n) is 1.57. The van der Waals surface area contributed by atoms with Crippen LogP contribution in [0.4, 0.5) is 0 Å². The second kappa shape index (κ2) is 4.89. The summed E-state index contributed by atoms with van der Waals surface area (Å²) in [5.41, 5.74) is 1.17. The monoisotopic (exact) mass is 220 g/mol. The summed E-state index contributed by atoms with van der Waals surface area (Å²) < 4.78 is 1.97. The molecule has 86 valence electrons. The number of nitrogens with zero attached hydrogens (tertiary/aromatic N) is 4. The van der Waals surface area contributed by atoms with Crippen molar-refractivity contribution in [2.45, 2.75) is 33.0 Å². The maximum absolute atomic E-state index is 4.22. The van der Waals surface area contributed by atoms with Crippen molar-refractivity contribution in [1.29, 1.82) is 0 Å². The average molecular weight is 220 g/mol. The van der Waals surface area contributed by atoms with E-state index in [2.05, 4.69) is 32.5 Å². The second-order valence-corrected chi connectivity index (χ2v) is 3.61. The van der Waals surface area contributed by atoms with Crippen molar-refractivity contribution in [2.75, 3.05) is 0 Å². The van der Waals surface area contributed by atoms with Gasteiger partial charge in [0.2, 0.25) is 0 Å². The Balaban J connectivity index is 1.92. The first-order valence-corrected chi connectivity index (χ1v) is 5.40. The van der Waals surface area contributed by atoms with Crippen molar-refractivity contribution < 1.29 is 0 Å². The predicted molar refractivity (Wildman–Crippen MR) is 59.5 cm³/mol. The summed E-state index contributed by atoms with van der Waals surface area (Å²) in [5.74, 6) is 0.850. The Hall–Kier alpha value is -1.69. The summed E-state index contributed by atoms with van der Waals surface area (Å²) in [7, 11) is 0. The molecule has 0 fully saturated rings. The fourth-order valence-corrected chi connectivity index (χ4v) is 1.57. The minimum absolute atomic E-state index is 0.155. The maximum Gasteiger partial charge on any atom is 0.141 e. The molecule has 2 aromatic heterocycles. The smallest absolute Gasteiger partial charge is 0.141 e. The summed E-state index contributed by atoms with van der Waals surface area (Å²) in [4.78, 5) is 4.11. The molecule has 0 bridgehead atoms. The Morgan fingerprint density at radius 1 is 1.56 bits per heavy atom. The van der Waals surface area contributed by atoms with Crippen molar-refractivity contribution in [1.82, 2.24) is 30.3 Å². The highest BCUT2D eigenvalue weighted by Gasteiger charge is 2.08.